The molecule has 2 rings (SSSR count). The molecule has 0 bridgehead atoms. The Hall–Kier alpha value is -0.640. The second kappa shape index (κ2) is 7.39. The molecule has 1 fully saturated rings. The van der Waals surface area contributed by atoms with Gasteiger partial charge in [-0.05, 0) is 43.4 Å². The van der Waals surface area contributed by atoms with E-state index >= 15 is 0 Å². The fourth-order valence-corrected chi connectivity index (χ4v) is 3.00. The lowest BCUT2D eigenvalue weighted by Crippen LogP contribution is -2.44. The summed E-state index contributed by atoms with van der Waals surface area (Å²) in [5.41, 5.74) is 0.661. The van der Waals surface area contributed by atoms with Gasteiger partial charge in [0, 0.05) is 12.6 Å². The molecule has 2 nitrogen and oxygen atoms in total. The molecular weight excluding hydrogens is 277 g/mol. The average molecular weight is 300 g/mol. The largest absolute Gasteiger partial charge is 0.376 e. The maximum atomic E-state index is 14.1. The summed E-state index contributed by atoms with van der Waals surface area (Å²) in [7, 11) is 0. The zero-order valence-corrected chi connectivity index (χ0v) is 12.9. The van der Waals surface area contributed by atoms with Crippen LogP contribution in [-0.2, 0) is 11.2 Å². The van der Waals surface area contributed by atoms with Gasteiger partial charge in [0.05, 0.1) is 11.1 Å². The van der Waals surface area contributed by atoms with Gasteiger partial charge in [-0.3, -0.25) is 0 Å². The fraction of sp³-hybridized carbons (Fsp3) is 0.625. The summed E-state index contributed by atoms with van der Waals surface area (Å²) in [5, 5.41) is 3.69. The minimum Gasteiger partial charge on any atom is -0.376 e. The third-order valence-corrected chi connectivity index (χ3v) is 4.26. The van der Waals surface area contributed by atoms with Gasteiger partial charge >= 0.3 is 0 Å². The number of nitrogens with one attached hydrogen (secondary N) is 1. The summed E-state index contributed by atoms with van der Waals surface area (Å²) >= 11 is 5.86. The van der Waals surface area contributed by atoms with Crippen molar-refractivity contribution in [1.29, 1.82) is 0 Å². The van der Waals surface area contributed by atoms with E-state index in [4.69, 9.17) is 16.3 Å². The van der Waals surface area contributed by atoms with Crippen molar-refractivity contribution < 1.29 is 9.13 Å². The molecule has 0 amide bonds. The van der Waals surface area contributed by atoms with Gasteiger partial charge in [0.1, 0.15) is 5.82 Å². The molecular formula is C16H23ClFNO. The van der Waals surface area contributed by atoms with Crippen molar-refractivity contribution in [2.45, 2.75) is 45.3 Å². The van der Waals surface area contributed by atoms with Gasteiger partial charge in [0.2, 0.25) is 0 Å². The number of halogens is 2. The summed E-state index contributed by atoms with van der Waals surface area (Å²) < 4.78 is 19.9. The lowest BCUT2D eigenvalue weighted by Gasteiger charge is -2.27. The molecule has 112 valence electrons. The highest BCUT2D eigenvalue weighted by molar-refractivity contribution is 6.30. The lowest BCUT2D eigenvalue weighted by atomic mass is 9.92. The molecule has 3 unspecified atom stereocenters. The van der Waals surface area contributed by atoms with Gasteiger partial charge in [-0.2, -0.15) is 0 Å². The van der Waals surface area contributed by atoms with E-state index in [1.54, 1.807) is 12.1 Å². The molecule has 0 aromatic heterocycles. The summed E-state index contributed by atoms with van der Waals surface area (Å²) in [6, 6.07) is 5.34. The van der Waals surface area contributed by atoms with Crippen LogP contribution in [0.15, 0.2) is 18.2 Å². The highest BCUT2D eigenvalue weighted by Gasteiger charge is 2.32. The predicted molar refractivity (Wildman–Crippen MR) is 80.7 cm³/mol. The minimum absolute atomic E-state index is 0.139. The SMILES string of the molecule is CCCNC(Cc1cccc(Cl)c1F)C1OCCC1C. The first kappa shape index (κ1) is 15.7. The van der Waals surface area contributed by atoms with Gasteiger partial charge in [-0.1, -0.05) is 37.6 Å². The van der Waals surface area contributed by atoms with Gasteiger partial charge < -0.3 is 10.1 Å². The number of benzene rings is 1. The Bertz CT molecular complexity index is 440. The van der Waals surface area contributed by atoms with Crippen LogP contribution in [0.3, 0.4) is 0 Å². The molecule has 1 saturated heterocycles. The summed E-state index contributed by atoms with van der Waals surface area (Å²) in [5.74, 6) is 0.203. The van der Waals surface area contributed by atoms with Crippen molar-refractivity contribution in [2.75, 3.05) is 13.2 Å². The molecule has 1 aliphatic heterocycles. The number of ether oxygens (including phenoxy) is 1. The van der Waals surface area contributed by atoms with E-state index in [9.17, 15) is 4.39 Å². The van der Waals surface area contributed by atoms with Crippen LogP contribution < -0.4 is 5.32 Å². The van der Waals surface area contributed by atoms with Gasteiger partial charge in [-0.25, -0.2) is 4.39 Å². The van der Waals surface area contributed by atoms with E-state index in [0.29, 0.717) is 17.9 Å². The third-order valence-electron chi connectivity index (χ3n) is 3.97. The molecule has 4 heteroatoms. The molecule has 20 heavy (non-hydrogen) atoms. The van der Waals surface area contributed by atoms with E-state index in [-0.39, 0.29) is 23.0 Å². The van der Waals surface area contributed by atoms with Crippen LogP contribution in [0.4, 0.5) is 4.39 Å². The first-order valence-corrected chi connectivity index (χ1v) is 7.79. The van der Waals surface area contributed by atoms with Crippen LogP contribution in [-0.4, -0.2) is 25.3 Å². The molecule has 0 aliphatic carbocycles. The Morgan fingerprint density at radius 1 is 1.50 bits per heavy atom. The highest BCUT2D eigenvalue weighted by atomic mass is 35.5. The molecule has 1 aromatic rings. The molecule has 1 aromatic carbocycles. The zero-order chi connectivity index (χ0) is 14.5. The predicted octanol–water partition coefficient (Wildman–Crippen LogP) is 3.81. The van der Waals surface area contributed by atoms with Crippen molar-refractivity contribution in [1.82, 2.24) is 5.32 Å². The smallest absolute Gasteiger partial charge is 0.145 e. The van der Waals surface area contributed by atoms with E-state index in [2.05, 4.69) is 19.2 Å². The zero-order valence-electron chi connectivity index (χ0n) is 12.2. The number of hydrogen-bond donors (Lipinski definition) is 1. The van der Waals surface area contributed by atoms with Crippen molar-refractivity contribution in [3.05, 3.63) is 34.6 Å². The maximum absolute atomic E-state index is 14.1. The molecule has 1 heterocycles. The molecule has 3 atom stereocenters. The van der Waals surface area contributed by atoms with Crippen molar-refractivity contribution in [2.24, 2.45) is 5.92 Å². The van der Waals surface area contributed by atoms with Gasteiger partial charge in [0.25, 0.3) is 0 Å². The first-order chi connectivity index (χ1) is 9.63. The second-order valence-electron chi connectivity index (χ2n) is 5.58. The minimum atomic E-state index is -0.303. The number of rotatable bonds is 6. The molecule has 0 radical (unpaired) electrons. The Kier molecular flexibility index (Phi) is 5.82. The van der Waals surface area contributed by atoms with Gasteiger partial charge in [-0.15, -0.1) is 0 Å². The summed E-state index contributed by atoms with van der Waals surface area (Å²) in [4.78, 5) is 0. The molecule has 1 aliphatic rings. The van der Waals surface area contributed by atoms with E-state index in [1.165, 1.54) is 0 Å². The normalized spacial score (nSPS) is 24.0. The fourth-order valence-electron chi connectivity index (χ4n) is 2.81. The molecule has 0 saturated carbocycles. The maximum Gasteiger partial charge on any atom is 0.145 e. The lowest BCUT2D eigenvalue weighted by molar-refractivity contribution is 0.0608. The van der Waals surface area contributed by atoms with Crippen LogP contribution in [0.5, 0.6) is 0 Å². The Balaban J connectivity index is 2.12. The van der Waals surface area contributed by atoms with Gasteiger partial charge in [0.15, 0.2) is 0 Å². The quantitative estimate of drug-likeness (QED) is 0.862. The second-order valence-corrected chi connectivity index (χ2v) is 5.99. The van der Waals surface area contributed by atoms with Crippen molar-refractivity contribution in [3.8, 4) is 0 Å². The highest BCUT2D eigenvalue weighted by Crippen LogP contribution is 2.26. The Morgan fingerprint density at radius 3 is 2.95 bits per heavy atom. The third kappa shape index (κ3) is 3.72. The van der Waals surface area contributed by atoms with Crippen LogP contribution in [0.25, 0.3) is 0 Å². The van der Waals surface area contributed by atoms with E-state index in [1.807, 2.05) is 6.07 Å². The topological polar surface area (TPSA) is 21.3 Å². The van der Waals surface area contributed by atoms with Crippen LogP contribution in [0.1, 0.15) is 32.3 Å². The van der Waals surface area contributed by atoms with Crippen LogP contribution >= 0.6 is 11.6 Å². The van der Waals surface area contributed by atoms with Crippen LogP contribution in [0.2, 0.25) is 5.02 Å². The van der Waals surface area contributed by atoms with E-state index < -0.39 is 0 Å². The number of hydrogen-bond acceptors (Lipinski definition) is 2. The van der Waals surface area contributed by atoms with Crippen molar-refractivity contribution in [3.63, 3.8) is 0 Å². The van der Waals surface area contributed by atoms with Crippen LogP contribution in [0, 0.1) is 11.7 Å². The molecule has 0 spiro atoms. The molecule has 1 N–H and O–H groups in total. The monoisotopic (exact) mass is 299 g/mol. The average Bonchev–Trinajstić information content (AvgIpc) is 2.85. The Labute approximate surface area is 125 Å². The standard InChI is InChI=1S/C16H23ClFNO/c1-3-8-19-14(16-11(2)7-9-20-16)10-12-5-4-6-13(17)15(12)18/h4-6,11,14,16,19H,3,7-10H2,1-2H3. The van der Waals surface area contributed by atoms with E-state index in [0.717, 1.165) is 26.0 Å². The Morgan fingerprint density at radius 2 is 2.30 bits per heavy atom. The summed E-state index contributed by atoms with van der Waals surface area (Å²) in [6.07, 6.45) is 2.89. The first-order valence-electron chi connectivity index (χ1n) is 7.41. The van der Waals surface area contributed by atoms with Crippen molar-refractivity contribution >= 4 is 11.6 Å². The summed E-state index contributed by atoms with van der Waals surface area (Å²) in [6.45, 7) is 6.04.